The zero-order chi connectivity index (χ0) is 25.5. The number of aryl methyl sites for hydroxylation is 1. The fourth-order valence-corrected chi connectivity index (χ4v) is 3.99. The van der Waals surface area contributed by atoms with Crippen LogP contribution in [0.1, 0.15) is 27.3 Å². The topological polar surface area (TPSA) is 108 Å². The first-order chi connectivity index (χ1) is 17.4. The summed E-state index contributed by atoms with van der Waals surface area (Å²) in [6, 6.07) is 18.2. The summed E-state index contributed by atoms with van der Waals surface area (Å²) in [7, 11) is 0. The van der Waals surface area contributed by atoms with Crippen molar-refractivity contribution in [3.05, 3.63) is 83.2 Å². The lowest BCUT2D eigenvalue weighted by Gasteiger charge is -2.27. The van der Waals surface area contributed by atoms with Crippen LogP contribution < -0.4 is 20.1 Å². The molecule has 0 bridgehead atoms. The Bertz CT molecular complexity index is 1240. The molecule has 2 heterocycles. The van der Waals surface area contributed by atoms with Gasteiger partial charge < -0.3 is 29.4 Å². The third-order valence-electron chi connectivity index (χ3n) is 5.88. The first-order valence-corrected chi connectivity index (χ1v) is 11.7. The van der Waals surface area contributed by atoms with Gasteiger partial charge in [-0.15, -0.1) is 0 Å². The molecule has 0 spiro atoms. The standard InChI is InChI=1S/C27H29N3O6/c1-18-12-22(19(2)30(18)15-21-16-34-24-10-6-7-11-25(24)36-21)23(31)17-35-26(32)14-29-27(33)28-13-20-8-4-3-5-9-20/h3-12,21H,13-17H2,1-2H3,(H2,28,29,33). The zero-order valence-corrected chi connectivity index (χ0v) is 20.3. The number of nitrogens with one attached hydrogen (secondary N) is 2. The van der Waals surface area contributed by atoms with Crippen molar-refractivity contribution in [1.29, 1.82) is 0 Å². The summed E-state index contributed by atoms with van der Waals surface area (Å²) in [6.07, 6.45) is -0.204. The quantitative estimate of drug-likeness (QED) is 0.352. The summed E-state index contributed by atoms with van der Waals surface area (Å²) < 4.78 is 18.9. The second-order valence-electron chi connectivity index (χ2n) is 8.50. The fourth-order valence-electron chi connectivity index (χ4n) is 3.99. The summed E-state index contributed by atoms with van der Waals surface area (Å²) in [6.45, 7) is 4.26. The first-order valence-electron chi connectivity index (χ1n) is 11.7. The van der Waals surface area contributed by atoms with Gasteiger partial charge >= 0.3 is 12.0 Å². The molecular weight excluding hydrogens is 462 g/mol. The Morgan fingerprint density at radius 1 is 1.00 bits per heavy atom. The number of hydrogen-bond donors (Lipinski definition) is 2. The number of hydrogen-bond acceptors (Lipinski definition) is 6. The minimum Gasteiger partial charge on any atom is -0.486 e. The second-order valence-corrected chi connectivity index (χ2v) is 8.50. The summed E-state index contributed by atoms with van der Waals surface area (Å²) >= 11 is 0. The molecule has 4 rings (SSSR count). The van der Waals surface area contributed by atoms with Crippen molar-refractivity contribution >= 4 is 17.8 Å². The Morgan fingerprint density at radius 3 is 2.50 bits per heavy atom. The van der Waals surface area contributed by atoms with Crippen LogP contribution in [-0.4, -0.2) is 48.2 Å². The van der Waals surface area contributed by atoms with Gasteiger partial charge in [-0.25, -0.2) is 4.79 Å². The van der Waals surface area contributed by atoms with E-state index in [-0.39, 0.29) is 18.4 Å². The normalized spacial score (nSPS) is 14.1. The number of benzene rings is 2. The molecule has 9 nitrogen and oxygen atoms in total. The summed E-state index contributed by atoms with van der Waals surface area (Å²) in [5.74, 6) is 0.401. The third kappa shape index (κ3) is 6.24. The lowest BCUT2D eigenvalue weighted by atomic mass is 10.1. The Balaban J connectivity index is 1.24. The number of esters is 1. The molecule has 1 aliphatic rings. The van der Waals surface area contributed by atoms with E-state index >= 15 is 0 Å². The van der Waals surface area contributed by atoms with E-state index in [9.17, 15) is 14.4 Å². The summed E-state index contributed by atoms with van der Waals surface area (Å²) in [4.78, 5) is 36.6. The molecule has 2 aromatic carbocycles. The number of para-hydroxylation sites is 2. The van der Waals surface area contributed by atoms with Crippen molar-refractivity contribution < 1.29 is 28.6 Å². The highest BCUT2D eigenvalue weighted by atomic mass is 16.6. The Labute approximate surface area is 209 Å². The highest BCUT2D eigenvalue weighted by Crippen LogP contribution is 2.31. The molecule has 36 heavy (non-hydrogen) atoms. The molecule has 9 heteroatoms. The third-order valence-corrected chi connectivity index (χ3v) is 5.88. The van der Waals surface area contributed by atoms with E-state index in [1.165, 1.54) is 0 Å². The Hall–Kier alpha value is -4.27. The summed E-state index contributed by atoms with van der Waals surface area (Å²) in [5.41, 5.74) is 3.06. The molecule has 1 atom stereocenters. The maximum Gasteiger partial charge on any atom is 0.325 e. The number of nitrogens with zero attached hydrogens (tertiary/aromatic N) is 1. The molecule has 1 unspecified atom stereocenters. The molecular formula is C27H29N3O6. The maximum absolute atomic E-state index is 12.7. The van der Waals surface area contributed by atoms with E-state index in [0.717, 1.165) is 22.7 Å². The van der Waals surface area contributed by atoms with Gasteiger partial charge in [-0.3, -0.25) is 9.59 Å². The van der Waals surface area contributed by atoms with Gasteiger partial charge in [-0.05, 0) is 37.6 Å². The van der Waals surface area contributed by atoms with Gasteiger partial charge in [0, 0.05) is 23.5 Å². The monoisotopic (exact) mass is 491 g/mol. The number of rotatable bonds is 9. The number of ketones is 1. The number of amides is 2. The second kappa shape index (κ2) is 11.4. The van der Waals surface area contributed by atoms with Crippen LogP contribution in [0.3, 0.4) is 0 Å². The molecule has 3 aromatic rings. The predicted molar refractivity (Wildman–Crippen MR) is 132 cm³/mol. The minimum absolute atomic E-state index is 0.204. The van der Waals surface area contributed by atoms with Gasteiger partial charge in [0.1, 0.15) is 13.2 Å². The maximum atomic E-state index is 12.7. The molecule has 0 saturated heterocycles. The predicted octanol–water partition coefficient (Wildman–Crippen LogP) is 3.17. The number of Topliss-reactive ketones (excluding diaryl/α,β-unsaturated/α-hetero) is 1. The van der Waals surface area contributed by atoms with Crippen LogP contribution in [0, 0.1) is 13.8 Å². The molecule has 1 aromatic heterocycles. The van der Waals surface area contributed by atoms with Crippen LogP contribution in [0.4, 0.5) is 4.79 Å². The van der Waals surface area contributed by atoms with E-state index in [0.29, 0.717) is 31.0 Å². The largest absolute Gasteiger partial charge is 0.486 e. The average Bonchev–Trinajstić information content (AvgIpc) is 3.18. The van der Waals surface area contributed by atoms with E-state index in [2.05, 4.69) is 10.6 Å². The number of urea groups is 1. The number of fused-ring (bicyclic) bond motifs is 1. The molecule has 2 amide bonds. The lowest BCUT2D eigenvalue weighted by Crippen LogP contribution is -2.38. The minimum atomic E-state index is -0.696. The van der Waals surface area contributed by atoms with E-state index in [1.54, 1.807) is 6.07 Å². The van der Waals surface area contributed by atoms with E-state index in [1.807, 2.05) is 73.0 Å². The molecule has 0 aliphatic carbocycles. The van der Waals surface area contributed by atoms with Crippen molar-refractivity contribution in [3.8, 4) is 11.5 Å². The van der Waals surface area contributed by atoms with Crippen LogP contribution in [0.15, 0.2) is 60.7 Å². The van der Waals surface area contributed by atoms with Crippen LogP contribution in [0.2, 0.25) is 0 Å². The number of aromatic nitrogens is 1. The van der Waals surface area contributed by atoms with Crippen molar-refractivity contribution in [2.45, 2.75) is 33.0 Å². The Morgan fingerprint density at radius 2 is 1.72 bits per heavy atom. The highest BCUT2D eigenvalue weighted by Gasteiger charge is 2.24. The van der Waals surface area contributed by atoms with Gasteiger partial charge in [-0.2, -0.15) is 0 Å². The van der Waals surface area contributed by atoms with Crippen LogP contribution in [-0.2, 0) is 22.6 Å². The molecule has 188 valence electrons. The smallest absolute Gasteiger partial charge is 0.325 e. The molecule has 2 N–H and O–H groups in total. The number of ether oxygens (including phenoxy) is 3. The van der Waals surface area contributed by atoms with Crippen molar-refractivity contribution in [1.82, 2.24) is 15.2 Å². The van der Waals surface area contributed by atoms with E-state index < -0.39 is 18.6 Å². The summed E-state index contributed by atoms with van der Waals surface area (Å²) in [5, 5.41) is 5.08. The van der Waals surface area contributed by atoms with Gasteiger partial charge in [-0.1, -0.05) is 42.5 Å². The number of carbonyl (C=O) groups excluding carboxylic acids is 3. The fraction of sp³-hybridized carbons (Fsp3) is 0.296. The van der Waals surface area contributed by atoms with Crippen molar-refractivity contribution in [2.75, 3.05) is 19.8 Å². The van der Waals surface area contributed by atoms with E-state index in [4.69, 9.17) is 14.2 Å². The van der Waals surface area contributed by atoms with Crippen LogP contribution in [0.25, 0.3) is 0 Å². The molecule has 1 aliphatic heterocycles. The van der Waals surface area contributed by atoms with Crippen molar-refractivity contribution in [2.24, 2.45) is 0 Å². The van der Waals surface area contributed by atoms with Crippen LogP contribution in [0.5, 0.6) is 11.5 Å². The van der Waals surface area contributed by atoms with Crippen LogP contribution >= 0.6 is 0 Å². The average molecular weight is 492 g/mol. The van der Waals surface area contributed by atoms with Gasteiger partial charge in [0.05, 0.1) is 6.54 Å². The highest BCUT2D eigenvalue weighted by molar-refractivity contribution is 5.99. The SMILES string of the molecule is Cc1cc(C(=O)COC(=O)CNC(=O)NCc2ccccc2)c(C)n1CC1COc2ccccc2O1. The first kappa shape index (κ1) is 24.8. The molecule has 0 fully saturated rings. The molecule has 0 saturated carbocycles. The van der Waals surface area contributed by atoms with Crippen molar-refractivity contribution in [3.63, 3.8) is 0 Å². The Kier molecular flexibility index (Phi) is 7.89. The van der Waals surface area contributed by atoms with Gasteiger partial charge in [0.15, 0.2) is 24.2 Å². The molecule has 0 radical (unpaired) electrons. The zero-order valence-electron chi connectivity index (χ0n) is 20.3. The van der Waals surface area contributed by atoms with Gasteiger partial charge in [0.2, 0.25) is 5.78 Å². The van der Waals surface area contributed by atoms with Gasteiger partial charge in [0.25, 0.3) is 0 Å². The number of carbonyl (C=O) groups is 3. The lowest BCUT2D eigenvalue weighted by molar-refractivity contribution is -0.141.